The second kappa shape index (κ2) is 5.50. The quantitative estimate of drug-likeness (QED) is 0.880. The van der Waals surface area contributed by atoms with Crippen LogP contribution in [0.1, 0.15) is 17.1 Å². The van der Waals surface area contributed by atoms with Gasteiger partial charge in [-0.05, 0) is 38.1 Å². The summed E-state index contributed by atoms with van der Waals surface area (Å²) in [6.45, 7) is 3.24. The molecule has 1 heterocycles. The molecule has 0 aliphatic carbocycles. The summed E-state index contributed by atoms with van der Waals surface area (Å²) in [5.41, 5.74) is 5.66. The van der Waals surface area contributed by atoms with Crippen molar-refractivity contribution in [3.05, 3.63) is 47.2 Å². The lowest BCUT2D eigenvalue weighted by Crippen LogP contribution is -2.27. The number of halogens is 1. The van der Waals surface area contributed by atoms with E-state index in [1.54, 1.807) is 19.1 Å². The van der Waals surface area contributed by atoms with Gasteiger partial charge in [0, 0.05) is 18.3 Å². The van der Waals surface area contributed by atoms with Crippen LogP contribution in [-0.2, 0) is 16.6 Å². The number of nitrogens with two attached hydrogens (primary N) is 1. The number of nitrogens with zero attached hydrogens (tertiary/aromatic N) is 1. The van der Waals surface area contributed by atoms with Crippen molar-refractivity contribution >= 4 is 15.7 Å². The van der Waals surface area contributed by atoms with Crippen molar-refractivity contribution in [3.8, 4) is 0 Å². The van der Waals surface area contributed by atoms with E-state index in [-0.39, 0.29) is 22.7 Å². The number of aryl methyl sites for hydroxylation is 1. The standard InChI is InChI=1S/C14H17FN2O3S/c1-9-4-5-12(20-9)8-17(3)21(18,19)14-7-11(16)6-13(15)10(14)2/h4-7H,8,16H2,1-3H3. The molecule has 0 saturated heterocycles. The van der Waals surface area contributed by atoms with Crippen LogP contribution in [0.2, 0.25) is 0 Å². The number of anilines is 1. The Morgan fingerprint density at radius 1 is 1.29 bits per heavy atom. The molecule has 0 fully saturated rings. The van der Waals surface area contributed by atoms with Crippen molar-refractivity contribution in [3.63, 3.8) is 0 Å². The van der Waals surface area contributed by atoms with Crippen LogP contribution in [0.3, 0.4) is 0 Å². The maximum absolute atomic E-state index is 13.7. The molecule has 0 aliphatic rings. The van der Waals surface area contributed by atoms with Crippen LogP contribution < -0.4 is 5.73 Å². The maximum atomic E-state index is 13.7. The number of rotatable bonds is 4. The van der Waals surface area contributed by atoms with Gasteiger partial charge in [-0.1, -0.05) is 0 Å². The van der Waals surface area contributed by atoms with E-state index in [9.17, 15) is 12.8 Å². The highest BCUT2D eigenvalue weighted by Gasteiger charge is 2.25. The minimum atomic E-state index is -3.85. The largest absolute Gasteiger partial charge is 0.465 e. The van der Waals surface area contributed by atoms with Crippen molar-refractivity contribution in [2.24, 2.45) is 0 Å². The Bertz CT molecular complexity index is 769. The monoisotopic (exact) mass is 312 g/mol. The Hall–Kier alpha value is -1.86. The first kappa shape index (κ1) is 15.5. The van der Waals surface area contributed by atoms with E-state index in [2.05, 4.69) is 0 Å². The van der Waals surface area contributed by atoms with Gasteiger partial charge in [0.2, 0.25) is 10.0 Å². The molecular formula is C14H17FN2O3S. The summed E-state index contributed by atoms with van der Waals surface area (Å²) < 4.78 is 45.2. The van der Waals surface area contributed by atoms with Crippen molar-refractivity contribution in [2.75, 3.05) is 12.8 Å². The Balaban J connectivity index is 2.37. The molecular weight excluding hydrogens is 295 g/mol. The van der Waals surface area contributed by atoms with Gasteiger partial charge < -0.3 is 10.2 Å². The van der Waals surface area contributed by atoms with E-state index in [4.69, 9.17) is 10.2 Å². The Morgan fingerprint density at radius 3 is 2.52 bits per heavy atom. The lowest BCUT2D eigenvalue weighted by molar-refractivity contribution is 0.397. The average molecular weight is 312 g/mol. The van der Waals surface area contributed by atoms with Gasteiger partial charge in [0.15, 0.2) is 0 Å². The van der Waals surface area contributed by atoms with Gasteiger partial charge in [-0.3, -0.25) is 0 Å². The molecule has 2 rings (SSSR count). The van der Waals surface area contributed by atoms with Gasteiger partial charge in [-0.15, -0.1) is 0 Å². The molecule has 0 radical (unpaired) electrons. The van der Waals surface area contributed by atoms with Gasteiger partial charge >= 0.3 is 0 Å². The number of sulfonamides is 1. The summed E-state index contributed by atoms with van der Waals surface area (Å²) in [5, 5.41) is 0. The van der Waals surface area contributed by atoms with Crippen LogP contribution in [0, 0.1) is 19.7 Å². The number of nitrogen functional groups attached to an aromatic ring is 1. The van der Waals surface area contributed by atoms with Crippen LogP contribution in [0.5, 0.6) is 0 Å². The lowest BCUT2D eigenvalue weighted by Gasteiger charge is -2.18. The number of benzene rings is 1. The smallest absolute Gasteiger partial charge is 0.243 e. The van der Waals surface area contributed by atoms with Crippen molar-refractivity contribution < 1.29 is 17.2 Å². The predicted octanol–water partition coefficient (Wildman–Crippen LogP) is 2.44. The maximum Gasteiger partial charge on any atom is 0.243 e. The van der Waals surface area contributed by atoms with Crippen molar-refractivity contribution in [2.45, 2.75) is 25.3 Å². The molecule has 21 heavy (non-hydrogen) atoms. The first-order chi connectivity index (χ1) is 9.71. The summed E-state index contributed by atoms with van der Waals surface area (Å²) >= 11 is 0. The topological polar surface area (TPSA) is 76.5 Å². The molecule has 114 valence electrons. The molecule has 0 spiro atoms. The van der Waals surface area contributed by atoms with Gasteiger partial charge in [-0.2, -0.15) is 4.31 Å². The van der Waals surface area contributed by atoms with Gasteiger partial charge in [0.05, 0.1) is 11.4 Å². The van der Waals surface area contributed by atoms with Crippen LogP contribution in [-0.4, -0.2) is 19.8 Å². The second-order valence-electron chi connectivity index (χ2n) is 4.90. The summed E-state index contributed by atoms with van der Waals surface area (Å²) in [4.78, 5) is -0.134. The van der Waals surface area contributed by atoms with Gasteiger partial charge in [0.25, 0.3) is 0 Å². The van der Waals surface area contributed by atoms with Crippen LogP contribution in [0.15, 0.2) is 33.6 Å². The molecule has 0 aliphatic heterocycles. The number of hydrogen-bond donors (Lipinski definition) is 1. The van der Waals surface area contributed by atoms with Crippen molar-refractivity contribution in [1.29, 1.82) is 0 Å². The van der Waals surface area contributed by atoms with Crippen LogP contribution in [0.4, 0.5) is 10.1 Å². The normalized spacial score (nSPS) is 12.0. The molecule has 5 nitrogen and oxygen atoms in total. The molecule has 0 amide bonds. The Labute approximate surface area is 123 Å². The number of furan rings is 1. The minimum Gasteiger partial charge on any atom is -0.465 e. The second-order valence-corrected chi connectivity index (χ2v) is 6.91. The van der Waals surface area contributed by atoms with Crippen LogP contribution >= 0.6 is 0 Å². The highest BCUT2D eigenvalue weighted by molar-refractivity contribution is 7.89. The van der Waals surface area contributed by atoms with E-state index < -0.39 is 15.8 Å². The average Bonchev–Trinajstić information content (AvgIpc) is 2.79. The zero-order valence-electron chi connectivity index (χ0n) is 12.1. The van der Waals surface area contributed by atoms with Crippen molar-refractivity contribution in [1.82, 2.24) is 4.31 Å². The summed E-state index contributed by atoms with van der Waals surface area (Å²) in [7, 11) is -2.44. The Morgan fingerprint density at radius 2 is 1.95 bits per heavy atom. The third-order valence-electron chi connectivity index (χ3n) is 3.18. The zero-order valence-corrected chi connectivity index (χ0v) is 12.9. The first-order valence-corrected chi connectivity index (χ1v) is 7.73. The fourth-order valence-electron chi connectivity index (χ4n) is 1.98. The molecule has 0 atom stereocenters. The molecule has 1 aromatic heterocycles. The molecule has 0 bridgehead atoms. The fourth-order valence-corrected chi connectivity index (χ4v) is 3.39. The highest BCUT2D eigenvalue weighted by atomic mass is 32.2. The fraction of sp³-hybridized carbons (Fsp3) is 0.286. The van der Waals surface area contributed by atoms with Crippen LogP contribution in [0.25, 0.3) is 0 Å². The summed E-state index contributed by atoms with van der Waals surface area (Å²) in [6, 6.07) is 5.82. The molecule has 2 N–H and O–H groups in total. The van der Waals surface area contributed by atoms with E-state index in [0.717, 1.165) is 10.4 Å². The summed E-state index contributed by atoms with van der Waals surface area (Å²) in [6.07, 6.45) is 0. The molecule has 1 aromatic carbocycles. The molecule has 0 unspecified atom stereocenters. The molecule has 0 saturated carbocycles. The lowest BCUT2D eigenvalue weighted by atomic mass is 10.2. The van der Waals surface area contributed by atoms with E-state index in [1.807, 2.05) is 0 Å². The zero-order chi connectivity index (χ0) is 15.8. The molecule has 7 heteroatoms. The molecule has 2 aromatic rings. The van der Waals surface area contributed by atoms with E-state index in [1.165, 1.54) is 20.0 Å². The third-order valence-corrected chi connectivity index (χ3v) is 5.11. The highest BCUT2D eigenvalue weighted by Crippen LogP contribution is 2.25. The first-order valence-electron chi connectivity index (χ1n) is 6.29. The van der Waals surface area contributed by atoms with E-state index in [0.29, 0.717) is 11.5 Å². The number of hydrogen-bond acceptors (Lipinski definition) is 4. The summed E-state index contributed by atoms with van der Waals surface area (Å²) in [5.74, 6) is 0.568. The van der Waals surface area contributed by atoms with Gasteiger partial charge in [-0.25, -0.2) is 12.8 Å². The SMILES string of the molecule is Cc1ccc(CN(C)S(=O)(=O)c2cc(N)cc(F)c2C)o1. The van der Waals surface area contributed by atoms with E-state index >= 15 is 0 Å². The van der Waals surface area contributed by atoms with Gasteiger partial charge in [0.1, 0.15) is 17.3 Å². The Kier molecular flexibility index (Phi) is 4.06. The minimum absolute atomic E-state index is 0.0478. The predicted molar refractivity (Wildman–Crippen MR) is 77.6 cm³/mol. The third kappa shape index (κ3) is 3.08.